The van der Waals surface area contributed by atoms with Crippen molar-refractivity contribution >= 4 is 27.2 Å². The van der Waals surface area contributed by atoms with Crippen LogP contribution in [0.1, 0.15) is 16.7 Å². The van der Waals surface area contributed by atoms with Gasteiger partial charge >= 0.3 is 0 Å². The first-order valence-electron chi connectivity index (χ1n) is 5.70. The van der Waals surface area contributed by atoms with Gasteiger partial charge in [-0.2, -0.15) is 5.26 Å². The molecule has 0 amide bonds. The number of benzene rings is 1. The molecule has 0 aliphatic heterocycles. The Hall–Kier alpha value is -2.12. The van der Waals surface area contributed by atoms with E-state index in [0.29, 0.717) is 11.3 Å². The van der Waals surface area contributed by atoms with Crippen molar-refractivity contribution in [1.29, 1.82) is 5.26 Å². The smallest absolute Gasteiger partial charge is 0.102 e. The Morgan fingerprint density at radius 3 is 2.53 bits per heavy atom. The number of nitrogens with zero attached hydrogens (tertiary/aromatic N) is 2. The molecule has 0 aliphatic rings. The lowest BCUT2D eigenvalue weighted by molar-refractivity contribution is 1.31. The number of pyridine rings is 1. The summed E-state index contributed by atoms with van der Waals surface area (Å²) in [6.07, 6.45) is 3.29. The number of nitrogens with two attached hydrogens (primary N) is 1. The van der Waals surface area contributed by atoms with Gasteiger partial charge in [-0.1, -0.05) is 22.0 Å². The average Bonchev–Trinajstić information content (AvgIpc) is 2.40. The van der Waals surface area contributed by atoms with Gasteiger partial charge in [0, 0.05) is 22.4 Å². The van der Waals surface area contributed by atoms with Crippen molar-refractivity contribution in [3.8, 4) is 6.07 Å². The molecule has 0 saturated carbocycles. The first-order chi connectivity index (χ1) is 9.13. The van der Waals surface area contributed by atoms with E-state index < -0.39 is 0 Å². The van der Waals surface area contributed by atoms with Crippen LogP contribution in [0, 0.1) is 18.3 Å². The Kier molecular flexibility index (Phi) is 3.98. The Balaban J connectivity index is 2.59. The SMILES string of the molecule is Cc1cc(Br)ccc1/C(N)=C(/C#N)c1ccncc1. The van der Waals surface area contributed by atoms with Crippen molar-refractivity contribution < 1.29 is 0 Å². The van der Waals surface area contributed by atoms with Gasteiger partial charge in [-0.3, -0.25) is 4.98 Å². The van der Waals surface area contributed by atoms with Crippen molar-refractivity contribution in [2.75, 3.05) is 0 Å². The fraction of sp³-hybridized carbons (Fsp3) is 0.0667. The number of aryl methyl sites for hydroxylation is 1. The van der Waals surface area contributed by atoms with Crippen molar-refractivity contribution in [1.82, 2.24) is 4.98 Å². The zero-order chi connectivity index (χ0) is 13.8. The van der Waals surface area contributed by atoms with Crippen LogP contribution in [0.25, 0.3) is 11.3 Å². The highest BCUT2D eigenvalue weighted by molar-refractivity contribution is 9.10. The van der Waals surface area contributed by atoms with Crippen molar-refractivity contribution in [2.24, 2.45) is 5.73 Å². The maximum atomic E-state index is 9.34. The second-order valence-corrected chi connectivity index (χ2v) is 5.01. The molecule has 0 radical (unpaired) electrons. The highest BCUT2D eigenvalue weighted by Gasteiger charge is 2.10. The van der Waals surface area contributed by atoms with Crippen LogP contribution >= 0.6 is 15.9 Å². The summed E-state index contributed by atoms with van der Waals surface area (Å²) in [5.74, 6) is 0. The lowest BCUT2D eigenvalue weighted by atomic mass is 9.99. The minimum absolute atomic E-state index is 0.466. The number of halogens is 1. The molecule has 2 rings (SSSR count). The Morgan fingerprint density at radius 2 is 1.95 bits per heavy atom. The van der Waals surface area contributed by atoms with Gasteiger partial charge in [0.25, 0.3) is 0 Å². The fourth-order valence-corrected chi connectivity index (χ4v) is 2.34. The number of aromatic nitrogens is 1. The third kappa shape index (κ3) is 2.83. The monoisotopic (exact) mass is 313 g/mol. The maximum Gasteiger partial charge on any atom is 0.102 e. The molecule has 0 spiro atoms. The lowest BCUT2D eigenvalue weighted by Gasteiger charge is -2.09. The number of allylic oxidation sites excluding steroid dienone is 1. The Morgan fingerprint density at radius 1 is 1.26 bits per heavy atom. The molecule has 3 nitrogen and oxygen atoms in total. The standard InChI is InChI=1S/C15H12BrN3/c1-10-8-12(16)2-3-13(10)15(18)14(9-17)11-4-6-19-7-5-11/h2-8H,18H2,1H3/b15-14+. The van der Waals surface area contributed by atoms with Gasteiger partial charge in [-0.25, -0.2) is 0 Å². The number of hydrogen-bond donors (Lipinski definition) is 1. The molecule has 19 heavy (non-hydrogen) atoms. The van der Waals surface area contributed by atoms with E-state index >= 15 is 0 Å². The minimum Gasteiger partial charge on any atom is -0.397 e. The third-order valence-corrected chi connectivity index (χ3v) is 3.32. The molecule has 4 heteroatoms. The van der Waals surface area contributed by atoms with Crippen molar-refractivity contribution in [2.45, 2.75) is 6.92 Å². The van der Waals surface area contributed by atoms with Gasteiger partial charge in [0.1, 0.15) is 6.07 Å². The second-order valence-electron chi connectivity index (χ2n) is 4.10. The number of rotatable bonds is 2. The molecule has 2 N–H and O–H groups in total. The van der Waals surface area contributed by atoms with E-state index in [9.17, 15) is 5.26 Å². The van der Waals surface area contributed by atoms with E-state index in [1.165, 1.54) is 0 Å². The number of hydrogen-bond acceptors (Lipinski definition) is 3. The minimum atomic E-state index is 0.466. The van der Waals surface area contributed by atoms with Crippen LogP contribution in [0.5, 0.6) is 0 Å². The van der Waals surface area contributed by atoms with Gasteiger partial charge in [0.15, 0.2) is 0 Å². The molecular weight excluding hydrogens is 302 g/mol. The molecule has 94 valence electrons. The van der Waals surface area contributed by atoms with Gasteiger partial charge in [-0.05, 0) is 42.3 Å². The predicted molar refractivity (Wildman–Crippen MR) is 79.7 cm³/mol. The van der Waals surface area contributed by atoms with Crippen LogP contribution in [-0.4, -0.2) is 4.98 Å². The Labute approximate surface area is 120 Å². The summed E-state index contributed by atoms with van der Waals surface area (Å²) in [6.45, 7) is 1.97. The number of nitriles is 1. The van der Waals surface area contributed by atoms with Gasteiger partial charge in [0.2, 0.25) is 0 Å². The topological polar surface area (TPSA) is 62.7 Å². The summed E-state index contributed by atoms with van der Waals surface area (Å²) in [7, 11) is 0. The van der Waals surface area contributed by atoms with E-state index in [-0.39, 0.29) is 0 Å². The van der Waals surface area contributed by atoms with Crippen molar-refractivity contribution in [3.63, 3.8) is 0 Å². The second kappa shape index (κ2) is 5.68. The van der Waals surface area contributed by atoms with Crippen molar-refractivity contribution in [3.05, 3.63) is 63.9 Å². The highest BCUT2D eigenvalue weighted by atomic mass is 79.9. The highest BCUT2D eigenvalue weighted by Crippen LogP contribution is 2.25. The first kappa shape index (κ1) is 13.3. The Bertz CT molecular complexity index is 670. The van der Waals surface area contributed by atoms with Gasteiger partial charge < -0.3 is 5.73 Å². The molecule has 1 heterocycles. The molecule has 2 aromatic rings. The van der Waals surface area contributed by atoms with Crippen LogP contribution in [0.4, 0.5) is 0 Å². The van der Waals surface area contributed by atoms with Crippen LogP contribution in [0.3, 0.4) is 0 Å². The zero-order valence-corrected chi connectivity index (χ0v) is 12.0. The first-order valence-corrected chi connectivity index (χ1v) is 6.49. The summed E-state index contributed by atoms with van der Waals surface area (Å²) in [4.78, 5) is 3.94. The largest absolute Gasteiger partial charge is 0.397 e. The van der Waals surface area contributed by atoms with Crippen LogP contribution in [0.15, 0.2) is 47.2 Å². The van der Waals surface area contributed by atoms with E-state index in [1.54, 1.807) is 24.5 Å². The summed E-state index contributed by atoms with van der Waals surface area (Å²) < 4.78 is 0.990. The third-order valence-electron chi connectivity index (χ3n) is 2.83. The zero-order valence-electron chi connectivity index (χ0n) is 10.4. The molecule has 1 aromatic carbocycles. The molecule has 0 fully saturated rings. The van der Waals surface area contributed by atoms with Gasteiger partial charge in [-0.15, -0.1) is 0 Å². The molecule has 0 unspecified atom stereocenters. The normalized spacial score (nSPS) is 11.6. The maximum absolute atomic E-state index is 9.34. The summed E-state index contributed by atoms with van der Waals surface area (Å²) >= 11 is 3.41. The van der Waals surface area contributed by atoms with E-state index in [1.807, 2.05) is 25.1 Å². The lowest BCUT2D eigenvalue weighted by Crippen LogP contribution is -2.02. The summed E-state index contributed by atoms with van der Waals surface area (Å²) in [5.41, 5.74) is 9.77. The summed E-state index contributed by atoms with van der Waals surface area (Å²) in [5, 5.41) is 9.34. The molecular formula is C15H12BrN3. The quantitative estimate of drug-likeness (QED) is 0.863. The van der Waals surface area contributed by atoms with E-state index in [2.05, 4.69) is 27.0 Å². The van der Waals surface area contributed by atoms with Gasteiger partial charge in [0.05, 0.1) is 11.3 Å². The predicted octanol–water partition coefficient (Wildman–Crippen LogP) is 3.50. The van der Waals surface area contributed by atoms with Crippen LogP contribution in [-0.2, 0) is 0 Å². The fourth-order valence-electron chi connectivity index (χ4n) is 1.86. The average molecular weight is 314 g/mol. The van der Waals surface area contributed by atoms with E-state index in [0.717, 1.165) is 21.2 Å². The molecule has 0 bridgehead atoms. The van der Waals surface area contributed by atoms with E-state index in [4.69, 9.17) is 5.73 Å². The molecule has 0 saturated heterocycles. The van der Waals surface area contributed by atoms with Crippen LogP contribution < -0.4 is 5.73 Å². The molecule has 0 aliphatic carbocycles. The van der Waals surface area contributed by atoms with Crippen LogP contribution in [0.2, 0.25) is 0 Å². The molecule has 1 aromatic heterocycles. The summed E-state index contributed by atoms with van der Waals surface area (Å²) in [6, 6.07) is 11.5. The molecule has 0 atom stereocenters.